The monoisotopic (exact) mass is 275 g/mol. The number of carbonyl (C=O) groups excluding carboxylic acids is 1. The van der Waals surface area contributed by atoms with Crippen molar-refractivity contribution in [2.24, 2.45) is 0 Å². The van der Waals surface area contributed by atoms with Gasteiger partial charge in [0.05, 0.1) is 19.9 Å². The van der Waals surface area contributed by atoms with Crippen LogP contribution in [0.5, 0.6) is 5.75 Å². The summed E-state index contributed by atoms with van der Waals surface area (Å²) < 4.78 is 6.60. The molecule has 1 aromatic heterocycles. The first kappa shape index (κ1) is 13.7. The van der Waals surface area contributed by atoms with Gasteiger partial charge in [0.25, 0.3) is 0 Å². The molecule has 0 spiro atoms. The van der Waals surface area contributed by atoms with E-state index in [2.05, 4.69) is 10.3 Å². The summed E-state index contributed by atoms with van der Waals surface area (Å²) in [6, 6.07) is 5.07. The average molecular weight is 275 g/mol. The van der Waals surface area contributed by atoms with Crippen molar-refractivity contribution >= 4 is 11.8 Å². The summed E-state index contributed by atoms with van der Waals surface area (Å²) in [5.74, 6) is -0.596. The Morgan fingerprint density at radius 1 is 1.40 bits per heavy atom. The molecular weight excluding hydrogens is 262 g/mol. The Hall–Kier alpha value is -2.70. The highest BCUT2D eigenvalue weighted by atomic mass is 16.5. The van der Waals surface area contributed by atoms with Crippen molar-refractivity contribution in [2.75, 3.05) is 7.11 Å². The second kappa shape index (κ2) is 5.52. The van der Waals surface area contributed by atoms with Crippen molar-refractivity contribution in [3.05, 3.63) is 41.2 Å². The molecule has 7 nitrogen and oxygen atoms in total. The number of rotatable bonds is 5. The Kier molecular flexibility index (Phi) is 3.79. The number of ether oxygens (including phenoxy) is 1. The first-order valence-corrected chi connectivity index (χ1v) is 5.82. The van der Waals surface area contributed by atoms with Crippen LogP contribution in [0.2, 0.25) is 0 Å². The normalized spacial score (nSPS) is 10.3. The molecule has 104 valence electrons. The second-order valence-corrected chi connectivity index (χ2v) is 4.19. The molecule has 20 heavy (non-hydrogen) atoms. The minimum Gasteiger partial charge on any atom is -0.496 e. The van der Waals surface area contributed by atoms with Gasteiger partial charge in [0.2, 0.25) is 0 Å². The molecule has 0 aliphatic rings. The maximum atomic E-state index is 11.4. The Morgan fingerprint density at radius 3 is 2.70 bits per heavy atom. The van der Waals surface area contributed by atoms with Crippen LogP contribution in [0, 0.1) is 0 Å². The van der Waals surface area contributed by atoms with Crippen molar-refractivity contribution in [3.63, 3.8) is 0 Å². The maximum absolute atomic E-state index is 11.4. The van der Waals surface area contributed by atoms with Crippen molar-refractivity contribution in [2.45, 2.75) is 13.5 Å². The molecule has 2 rings (SSSR count). The van der Waals surface area contributed by atoms with Gasteiger partial charge in [0, 0.05) is 11.1 Å². The van der Waals surface area contributed by atoms with Crippen LogP contribution in [0.25, 0.3) is 0 Å². The number of aromatic nitrogens is 3. The topological polar surface area (TPSA) is 94.3 Å². The highest BCUT2D eigenvalue weighted by molar-refractivity contribution is 5.94. The number of hydrogen-bond acceptors (Lipinski definition) is 5. The molecule has 1 heterocycles. The fraction of sp³-hybridized carbons (Fsp3) is 0.231. The standard InChI is InChI=1S/C13H13N3O4/c1-8(17)9-3-4-12(20-2)10(5-9)6-16-7-11(13(18)19)14-15-16/h3-5,7H,6H2,1-2H3,(H,18,19). The summed E-state index contributed by atoms with van der Waals surface area (Å²) in [5, 5.41) is 16.1. The number of carbonyl (C=O) groups is 2. The Morgan fingerprint density at radius 2 is 2.15 bits per heavy atom. The number of aromatic carboxylic acids is 1. The van der Waals surface area contributed by atoms with Gasteiger partial charge in [-0.15, -0.1) is 5.10 Å². The van der Waals surface area contributed by atoms with E-state index in [1.54, 1.807) is 18.2 Å². The van der Waals surface area contributed by atoms with E-state index in [0.29, 0.717) is 11.3 Å². The molecule has 0 aliphatic heterocycles. The number of nitrogens with zero attached hydrogens (tertiary/aromatic N) is 3. The number of carboxylic acids is 1. The summed E-state index contributed by atoms with van der Waals surface area (Å²) in [5.41, 5.74) is 1.15. The molecule has 7 heteroatoms. The van der Waals surface area contributed by atoms with Crippen molar-refractivity contribution in [1.82, 2.24) is 15.0 Å². The molecule has 1 aromatic carbocycles. The average Bonchev–Trinajstić information content (AvgIpc) is 2.87. The van der Waals surface area contributed by atoms with Crippen molar-refractivity contribution in [3.8, 4) is 5.75 Å². The van der Waals surface area contributed by atoms with Crippen LogP contribution in [0.1, 0.15) is 33.3 Å². The molecule has 2 aromatic rings. The lowest BCUT2D eigenvalue weighted by Gasteiger charge is -2.09. The van der Waals surface area contributed by atoms with E-state index >= 15 is 0 Å². The van der Waals surface area contributed by atoms with Gasteiger partial charge in [-0.1, -0.05) is 5.21 Å². The van der Waals surface area contributed by atoms with Crippen LogP contribution in [0.15, 0.2) is 24.4 Å². The maximum Gasteiger partial charge on any atom is 0.358 e. The minimum absolute atomic E-state index is 0.0567. The van der Waals surface area contributed by atoms with Crippen LogP contribution in [0.3, 0.4) is 0 Å². The van der Waals surface area contributed by atoms with Gasteiger partial charge in [0.15, 0.2) is 11.5 Å². The smallest absolute Gasteiger partial charge is 0.358 e. The number of ketones is 1. The fourth-order valence-electron chi connectivity index (χ4n) is 1.77. The summed E-state index contributed by atoms with van der Waals surface area (Å²) in [4.78, 5) is 22.1. The van der Waals surface area contributed by atoms with Gasteiger partial charge in [-0.2, -0.15) is 0 Å². The largest absolute Gasteiger partial charge is 0.496 e. The van der Waals surface area contributed by atoms with Crippen LogP contribution in [-0.4, -0.2) is 39.0 Å². The molecule has 0 bridgehead atoms. The second-order valence-electron chi connectivity index (χ2n) is 4.19. The Bertz CT molecular complexity index is 663. The van der Waals surface area contributed by atoms with E-state index in [9.17, 15) is 9.59 Å². The van der Waals surface area contributed by atoms with Crippen LogP contribution in [0.4, 0.5) is 0 Å². The lowest BCUT2D eigenvalue weighted by molar-refractivity contribution is 0.0690. The van der Waals surface area contributed by atoms with E-state index in [0.717, 1.165) is 5.56 Å². The van der Waals surface area contributed by atoms with E-state index in [-0.39, 0.29) is 18.0 Å². The molecule has 0 unspecified atom stereocenters. The Labute approximate surface area is 114 Å². The van der Waals surface area contributed by atoms with Gasteiger partial charge in [-0.3, -0.25) is 4.79 Å². The van der Waals surface area contributed by atoms with Crippen LogP contribution in [-0.2, 0) is 6.54 Å². The SMILES string of the molecule is COc1ccc(C(C)=O)cc1Cn1cc(C(=O)O)nn1. The predicted octanol–water partition coefficient (Wildman–Crippen LogP) is 1.24. The summed E-state index contributed by atoms with van der Waals surface area (Å²) in [6.45, 7) is 1.74. The molecule has 0 saturated carbocycles. The summed E-state index contributed by atoms with van der Waals surface area (Å²) in [7, 11) is 1.52. The highest BCUT2D eigenvalue weighted by Gasteiger charge is 2.11. The van der Waals surface area contributed by atoms with Crippen LogP contribution >= 0.6 is 0 Å². The first-order valence-electron chi connectivity index (χ1n) is 5.82. The van der Waals surface area contributed by atoms with Crippen molar-refractivity contribution in [1.29, 1.82) is 0 Å². The van der Waals surface area contributed by atoms with E-state index in [4.69, 9.17) is 9.84 Å². The van der Waals surface area contributed by atoms with Gasteiger partial charge in [-0.25, -0.2) is 9.48 Å². The summed E-state index contributed by atoms with van der Waals surface area (Å²) in [6.07, 6.45) is 1.32. The minimum atomic E-state index is -1.14. The first-order chi connectivity index (χ1) is 9.51. The molecule has 0 radical (unpaired) electrons. The predicted molar refractivity (Wildman–Crippen MR) is 69.1 cm³/mol. The quantitative estimate of drug-likeness (QED) is 0.825. The van der Waals surface area contributed by atoms with Crippen molar-refractivity contribution < 1.29 is 19.4 Å². The molecule has 0 atom stereocenters. The molecular formula is C13H13N3O4. The summed E-state index contributed by atoms with van der Waals surface area (Å²) >= 11 is 0. The van der Waals surface area contributed by atoms with Gasteiger partial charge in [0.1, 0.15) is 5.75 Å². The number of hydrogen-bond donors (Lipinski definition) is 1. The highest BCUT2D eigenvalue weighted by Crippen LogP contribution is 2.21. The molecule has 0 fully saturated rings. The molecule has 0 amide bonds. The molecule has 0 saturated heterocycles. The fourth-order valence-corrected chi connectivity index (χ4v) is 1.77. The number of Topliss-reactive ketones (excluding diaryl/α,β-unsaturated/α-hetero) is 1. The van der Waals surface area contributed by atoms with Gasteiger partial charge < -0.3 is 9.84 Å². The van der Waals surface area contributed by atoms with Gasteiger partial charge >= 0.3 is 5.97 Å². The van der Waals surface area contributed by atoms with E-state index in [1.165, 1.54) is 24.9 Å². The third-order valence-electron chi connectivity index (χ3n) is 2.78. The lowest BCUT2D eigenvalue weighted by atomic mass is 10.1. The molecule has 1 N–H and O–H groups in total. The Balaban J connectivity index is 2.32. The zero-order valence-corrected chi connectivity index (χ0v) is 11.0. The third kappa shape index (κ3) is 2.82. The van der Waals surface area contributed by atoms with E-state index < -0.39 is 5.97 Å². The molecule has 0 aliphatic carbocycles. The number of carboxylic acid groups (broad SMARTS) is 1. The third-order valence-corrected chi connectivity index (χ3v) is 2.78. The van der Waals surface area contributed by atoms with E-state index in [1.807, 2.05) is 0 Å². The van der Waals surface area contributed by atoms with Gasteiger partial charge in [-0.05, 0) is 25.1 Å². The number of methoxy groups -OCH3 is 1. The number of benzene rings is 1. The zero-order chi connectivity index (χ0) is 14.7. The zero-order valence-electron chi connectivity index (χ0n) is 11.0. The lowest BCUT2D eigenvalue weighted by Crippen LogP contribution is -2.04. The van der Waals surface area contributed by atoms with Crippen LogP contribution < -0.4 is 4.74 Å².